The molecule has 1 N–H and O–H groups in total. The van der Waals surface area contributed by atoms with Gasteiger partial charge in [-0.25, -0.2) is 0 Å². The Balaban J connectivity index is 2.46. The van der Waals surface area contributed by atoms with Crippen LogP contribution < -0.4 is 0 Å². The zero-order chi connectivity index (χ0) is 15.6. The number of aromatic nitrogens is 1. The molecule has 21 heavy (non-hydrogen) atoms. The number of H-pyrrole nitrogens is 1. The van der Waals surface area contributed by atoms with Crippen LogP contribution in [0.15, 0.2) is 30.3 Å². The lowest BCUT2D eigenvalue weighted by Crippen LogP contribution is -2.43. The minimum atomic E-state index is -1.64. The summed E-state index contributed by atoms with van der Waals surface area (Å²) >= 11 is 0. The minimum absolute atomic E-state index is 0.675. The molecular formula is C19H27NSi. The molecule has 0 spiro atoms. The molecule has 0 unspecified atom stereocenters. The van der Waals surface area contributed by atoms with Gasteiger partial charge in [0.25, 0.3) is 0 Å². The van der Waals surface area contributed by atoms with Gasteiger partial charge in [0.15, 0.2) is 0 Å². The zero-order valence-corrected chi connectivity index (χ0v) is 15.1. The van der Waals surface area contributed by atoms with Gasteiger partial charge in [0.2, 0.25) is 0 Å². The average molecular weight is 298 g/mol. The predicted octanol–water partition coefficient (Wildman–Crippen LogP) is 5.74. The zero-order valence-electron chi connectivity index (χ0n) is 14.1. The number of nitrogens with one attached hydrogen (secondary N) is 1. The summed E-state index contributed by atoms with van der Waals surface area (Å²) in [6.07, 6.45) is 0. The smallest absolute Gasteiger partial charge is 0.146 e. The summed E-state index contributed by atoms with van der Waals surface area (Å²) in [5, 5.41) is 1.24. The van der Waals surface area contributed by atoms with E-state index in [2.05, 4.69) is 88.3 Å². The van der Waals surface area contributed by atoms with Crippen molar-refractivity contribution >= 4 is 19.0 Å². The van der Waals surface area contributed by atoms with Crippen molar-refractivity contribution < 1.29 is 0 Å². The Labute approximate surface area is 130 Å². The number of hydrogen-bond acceptors (Lipinski definition) is 0. The standard InChI is InChI=1S/C19H27NSi/c1-14(2)21(15(3)4,16(5)6)12-11-18-13-17-9-7-8-10-19(17)20-18/h7-10,13-16,20H,1-6H3. The molecule has 1 heterocycles. The Morgan fingerprint density at radius 1 is 0.905 bits per heavy atom. The highest BCUT2D eigenvalue weighted by Crippen LogP contribution is 2.40. The second kappa shape index (κ2) is 6.11. The van der Waals surface area contributed by atoms with Crippen molar-refractivity contribution in [2.75, 3.05) is 0 Å². The summed E-state index contributed by atoms with van der Waals surface area (Å²) in [6.45, 7) is 14.1. The van der Waals surface area contributed by atoms with Gasteiger partial charge in [-0.15, -0.1) is 5.54 Å². The maximum absolute atomic E-state index is 3.77. The van der Waals surface area contributed by atoms with Crippen LogP contribution >= 0.6 is 0 Å². The summed E-state index contributed by atoms with van der Waals surface area (Å²) < 4.78 is 0. The average Bonchev–Trinajstić information content (AvgIpc) is 2.80. The van der Waals surface area contributed by atoms with Gasteiger partial charge >= 0.3 is 0 Å². The first kappa shape index (κ1) is 15.9. The molecule has 0 radical (unpaired) electrons. The molecule has 0 saturated heterocycles. The van der Waals surface area contributed by atoms with E-state index < -0.39 is 8.07 Å². The highest BCUT2D eigenvalue weighted by molar-refractivity contribution is 6.90. The first-order valence-electron chi connectivity index (χ1n) is 7.98. The largest absolute Gasteiger partial charge is 0.348 e. The fourth-order valence-electron chi connectivity index (χ4n) is 3.75. The van der Waals surface area contributed by atoms with E-state index in [1.54, 1.807) is 0 Å². The molecular weight excluding hydrogens is 270 g/mol. The van der Waals surface area contributed by atoms with Crippen molar-refractivity contribution in [3.63, 3.8) is 0 Å². The summed E-state index contributed by atoms with van der Waals surface area (Å²) in [5.41, 5.74) is 8.02. The highest BCUT2D eigenvalue weighted by atomic mass is 28.3. The van der Waals surface area contributed by atoms with Gasteiger partial charge in [-0.1, -0.05) is 65.7 Å². The third kappa shape index (κ3) is 2.94. The number of rotatable bonds is 3. The normalized spacial score (nSPS) is 12.2. The topological polar surface area (TPSA) is 15.8 Å². The molecule has 0 aliphatic carbocycles. The van der Waals surface area contributed by atoms with Crippen molar-refractivity contribution in [3.8, 4) is 11.5 Å². The maximum atomic E-state index is 3.77. The van der Waals surface area contributed by atoms with Crippen LogP contribution in [0.5, 0.6) is 0 Å². The number of hydrogen-bond donors (Lipinski definition) is 1. The molecule has 1 aromatic heterocycles. The summed E-state index contributed by atoms with van der Waals surface area (Å²) in [4.78, 5) is 3.43. The van der Waals surface area contributed by atoms with Gasteiger partial charge < -0.3 is 4.98 Å². The maximum Gasteiger partial charge on any atom is 0.146 e. The van der Waals surface area contributed by atoms with Gasteiger partial charge in [0.05, 0.1) is 5.69 Å². The Kier molecular flexibility index (Phi) is 4.63. The Morgan fingerprint density at radius 2 is 1.48 bits per heavy atom. The molecule has 0 saturated carbocycles. The van der Waals surface area contributed by atoms with Crippen LogP contribution in [0.4, 0.5) is 0 Å². The van der Waals surface area contributed by atoms with Crippen molar-refractivity contribution in [2.45, 2.75) is 58.2 Å². The van der Waals surface area contributed by atoms with Crippen LogP contribution in [0.1, 0.15) is 47.2 Å². The molecule has 1 nitrogen and oxygen atoms in total. The number of benzene rings is 1. The van der Waals surface area contributed by atoms with Gasteiger partial charge in [-0.2, -0.15) is 0 Å². The van der Waals surface area contributed by atoms with E-state index in [9.17, 15) is 0 Å². The van der Waals surface area contributed by atoms with Crippen molar-refractivity contribution in [1.82, 2.24) is 4.98 Å². The van der Waals surface area contributed by atoms with E-state index in [-0.39, 0.29) is 0 Å². The number of fused-ring (bicyclic) bond motifs is 1. The van der Waals surface area contributed by atoms with E-state index in [0.29, 0.717) is 16.6 Å². The molecule has 0 aliphatic rings. The molecule has 0 aliphatic heterocycles. The second-order valence-electron chi connectivity index (χ2n) is 6.92. The first-order chi connectivity index (χ1) is 9.87. The summed E-state index contributed by atoms with van der Waals surface area (Å²) in [7, 11) is -1.64. The van der Waals surface area contributed by atoms with Crippen molar-refractivity contribution in [2.24, 2.45) is 0 Å². The summed E-state index contributed by atoms with van der Waals surface area (Å²) in [5.74, 6) is 3.48. The molecule has 0 amide bonds. The Morgan fingerprint density at radius 3 is 2.00 bits per heavy atom. The fraction of sp³-hybridized carbons (Fsp3) is 0.474. The molecule has 0 fully saturated rings. The van der Waals surface area contributed by atoms with Gasteiger partial charge in [0, 0.05) is 10.9 Å². The van der Waals surface area contributed by atoms with Crippen LogP contribution in [0.2, 0.25) is 16.6 Å². The van der Waals surface area contributed by atoms with Crippen LogP contribution in [0.3, 0.4) is 0 Å². The van der Waals surface area contributed by atoms with Crippen LogP contribution in [0.25, 0.3) is 10.9 Å². The van der Waals surface area contributed by atoms with Gasteiger partial charge in [0.1, 0.15) is 8.07 Å². The monoisotopic (exact) mass is 297 g/mol. The van der Waals surface area contributed by atoms with Crippen molar-refractivity contribution in [1.29, 1.82) is 0 Å². The molecule has 2 aromatic rings. The van der Waals surface area contributed by atoms with Crippen LogP contribution in [-0.4, -0.2) is 13.1 Å². The summed E-state index contributed by atoms with van der Waals surface area (Å²) in [6, 6.07) is 10.5. The van der Waals surface area contributed by atoms with E-state index in [4.69, 9.17) is 0 Å². The van der Waals surface area contributed by atoms with Crippen molar-refractivity contribution in [3.05, 3.63) is 36.0 Å². The van der Waals surface area contributed by atoms with E-state index in [1.807, 2.05) is 0 Å². The lowest BCUT2D eigenvalue weighted by molar-refractivity contribution is 0.838. The lowest BCUT2D eigenvalue weighted by atomic mass is 10.2. The van der Waals surface area contributed by atoms with E-state index in [1.165, 1.54) is 10.9 Å². The van der Waals surface area contributed by atoms with Crippen LogP contribution in [0, 0.1) is 11.5 Å². The molecule has 2 heteroatoms. The van der Waals surface area contributed by atoms with E-state index in [0.717, 1.165) is 5.69 Å². The predicted molar refractivity (Wildman–Crippen MR) is 96.2 cm³/mol. The third-order valence-corrected chi connectivity index (χ3v) is 11.1. The Hall–Kier alpha value is -1.46. The highest BCUT2D eigenvalue weighted by Gasteiger charge is 2.41. The molecule has 2 rings (SSSR count). The first-order valence-corrected chi connectivity index (χ1v) is 10.2. The lowest BCUT2D eigenvalue weighted by Gasteiger charge is -2.38. The SMILES string of the molecule is CC(C)[Si](C#Cc1cc2ccccc2[nH]1)(C(C)C)C(C)C. The fourth-order valence-corrected chi connectivity index (χ4v) is 8.97. The third-order valence-electron chi connectivity index (χ3n) is 4.81. The molecule has 0 bridgehead atoms. The minimum Gasteiger partial charge on any atom is -0.348 e. The quantitative estimate of drug-likeness (QED) is 0.549. The van der Waals surface area contributed by atoms with Gasteiger partial charge in [-0.3, -0.25) is 0 Å². The van der Waals surface area contributed by atoms with E-state index >= 15 is 0 Å². The molecule has 112 valence electrons. The Bertz CT molecular complexity index is 613. The number of aromatic amines is 1. The van der Waals surface area contributed by atoms with Gasteiger partial charge in [-0.05, 0) is 28.8 Å². The molecule has 1 aromatic carbocycles. The second-order valence-corrected chi connectivity index (χ2v) is 12.5. The molecule has 0 atom stereocenters. The van der Waals surface area contributed by atoms with Crippen LogP contribution in [-0.2, 0) is 0 Å². The number of para-hydroxylation sites is 1.